The minimum absolute atomic E-state index is 0.112. The second-order valence-electron chi connectivity index (χ2n) is 4.83. The number of hydrogen-bond acceptors (Lipinski definition) is 3. The number of rotatable bonds is 4. The summed E-state index contributed by atoms with van der Waals surface area (Å²) < 4.78 is 1.64. The summed E-state index contributed by atoms with van der Waals surface area (Å²) in [4.78, 5) is 22.5. The molecule has 2 rings (SSSR count). The molecule has 0 amide bonds. The first kappa shape index (κ1) is 15.3. The number of aromatic nitrogens is 2. The molecule has 0 unspecified atom stereocenters. The second-order valence-corrected chi connectivity index (χ2v) is 5.27. The van der Waals surface area contributed by atoms with Crippen molar-refractivity contribution in [3.8, 4) is 5.69 Å². The molecule has 6 heteroatoms. The highest BCUT2D eigenvalue weighted by atomic mass is 35.5. The summed E-state index contributed by atoms with van der Waals surface area (Å²) in [6, 6.07) is 6.86. The molecule has 0 aliphatic heterocycles. The largest absolute Gasteiger partial charge is 0.481 e. The van der Waals surface area contributed by atoms with Gasteiger partial charge in [-0.15, -0.1) is 0 Å². The smallest absolute Gasteiger partial charge is 0.303 e. The molecule has 0 bridgehead atoms. The summed E-state index contributed by atoms with van der Waals surface area (Å²) in [6.45, 7) is 3.68. The molecule has 2 aromatic rings. The van der Waals surface area contributed by atoms with Gasteiger partial charge in [0.1, 0.15) is 5.69 Å². The van der Waals surface area contributed by atoms with Gasteiger partial charge in [-0.2, -0.15) is 5.10 Å². The SMILES string of the molecule is Cc1cc(Cl)ccc1-n1nc(CCC(=O)O)c(=O)cc1C. The van der Waals surface area contributed by atoms with Gasteiger partial charge in [0.25, 0.3) is 0 Å². The van der Waals surface area contributed by atoms with Crippen LogP contribution in [0.15, 0.2) is 29.1 Å². The summed E-state index contributed by atoms with van der Waals surface area (Å²) in [5.41, 5.74) is 2.43. The standard InChI is InChI=1S/C15H15ClN2O3/c1-9-7-11(16)3-5-13(9)18-10(2)8-14(19)12(17-18)4-6-15(20)21/h3,5,7-8H,4,6H2,1-2H3,(H,20,21). The van der Waals surface area contributed by atoms with E-state index in [4.69, 9.17) is 16.7 Å². The molecule has 5 nitrogen and oxygen atoms in total. The van der Waals surface area contributed by atoms with Crippen LogP contribution in [0.5, 0.6) is 0 Å². The Morgan fingerprint density at radius 3 is 2.67 bits per heavy atom. The minimum atomic E-state index is -0.953. The normalized spacial score (nSPS) is 10.6. The predicted octanol–water partition coefficient (Wildman–Crippen LogP) is 2.52. The molecule has 0 saturated carbocycles. The van der Waals surface area contributed by atoms with E-state index in [-0.39, 0.29) is 24.0 Å². The van der Waals surface area contributed by atoms with E-state index in [1.807, 2.05) is 19.1 Å². The molecule has 1 N–H and O–H groups in total. The number of nitrogens with zero attached hydrogens (tertiary/aromatic N) is 2. The van der Waals surface area contributed by atoms with Crippen LogP contribution in [0, 0.1) is 13.8 Å². The van der Waals surface area contributed by atoms with Gasteiger partial charge in [0, 0.05) is 23.2 Å². The molecule has 21 heavy (non-hydrogen) atoms. The van der Waals surface area contributed by atoms with Crippen LogP contribution in [0.1, 0.15) is 23.4 Å². The highest BCUT2D eigenvalue weighted by Gasteiger charge is 2.11. The van der Waals surface area contributed by atoms with Gasteiger partial charge in [-0.3, -0.25) is 9.59 Å². The Hall–Kier alpha value is -2.14. The molecule has 0 saturated heterocycles. The molecule has 0 spiro atoms. The topological polar surface area (TPSA) is 72.2 Å². The molecular weight excluding hydrogens is 292 g/mol. The Balaban J connectivity index is 2.50. The maximum absolute atomic E-state index is 11.9. The Labute approximate surface area is 126 Å². The van der Waals surface area contributed by atoms with Gasteiger partial charge in [0.05, 0.1) is 12.1 Å². The van der Waals surface area contributed by atoms with Crippen LogP contribution in [-0.4, -0.2) is 20.9 Å². The number of halogens is 1. The zero-order valence-corrected chi connectivity index (χ0v) is 12.5. The van der Waals surface area contributed by atoms with Crippen molar-refractivity contribution >= 4 is 17.6 Å². The van der Waals surface area contributed by atoms with E-state index in [1.165, 1.54) is 6.07 Å². The van der Waals surface area contributed by atoms with Crippen molar-refractivity contribution in [1.82, 2.24) is 9.78 Å². The summed E-state index contributed by atoms with van der Waals surface area (Å²) in [6.07, 6.45) is -0.00795. The Morgan fingerprint density at radius 1 is 1.33 bits per heavy atom. The number of benzene rings is 1. The van der Waals surface area contributed by atoms with E-state index in [2.05, 4.69) is 5.10 Å². The summed E-state index contributed by atoms with van der Waals surface area (Å²) in [5.74, 6) is -0.953. The lowest BCUT2D eigenvalue weighted by molar-refractivity contribution is -0.136. The average molecular weight is 307 g/mol. The van der Waals surface area contributed by atoms with Crippen LogP contribution >= 0.6 is 11.6 Å². The molecular formula is C15H15ClN2O3. The van der Waals surface area contributed by atoms with Crippen LogP contribution < -0.4 is 5.43 Å². The second kappa shape index (κ2) is 6.10. The number of carboxylic acid groups (broad SMARTS) is 1. The Bertz CT molecular complexity index is 753. The molecule has 0 radical (unpaired) electrons. The zero-order valence-electron chi connectivity index (χ0n) is 11.8. The van der Waals surface area contributed by atoms with Gasteiger partial charge >= 0.3 is 5.97 Å². The minimum Gasteiger partial charge on any atom is -0.481 e. The summed E-state index contributed by atoms with van der Waals surface area (Å²) >= 11 is 5.94. The summed E-state index contributed by atoms with van der Waals surface area (Å²) in [5, 5.41) is 13.7. The lowest BCUT2D eigenvalue weighted by Gasteiger charge is -2.13. The number of carbonyl (C=O) groups is 1. The van der Waals surface area contributed by atoms with Crippen LogP contribution in [0.4, 0.5) is 0 Å². The lowest BCUT2D eigenvalue weighted by atomic mass is 10.2. The van der Waals surface area contributed by atoms with Gasteiger partial charge in [-0.05, 0) is 37.6 Å². The number of hydrogen-bond donors (Lipinski definition) is 1. The molecule has 0 aliphatic carbocycles. The van der Waals surface area contributed by atoms with Crippen molar-refractivity contribution in [2.24, 2.45) is 0 Å². The van der Waals surface area contributed by atoms with Gasteiger partial charge < -0.3 is 5.11 Å². The van der Waals surface area contributed by atoms with Crippen molar-refractivity contribution in [3.05, 3.63) is 56.5 Å². The fourth-order valence-electron chi connectivity index (χ4n) is 2.08. The van der Waals surface area contributed by atoms with E-state index in [1.54, 1.807) is 17.7 Å². The van der Waals surface area contributed by atoms with Crippen LogP contribution in [-0.2, 0) is 11.2 Å². The van der Waals surface area contributed by atoms with Crippen LogP contribution in [0.3, 0.4) is 0 Å². The molecule has 0 atom stereocenters. The molecule has 0 aliphatic rings. The van der Waals surface area contributed by atoms with Crippen molar-refractivity contribution < 1.29 is 9.90 Å². The van der Waals surface area contributed by atoms with Crippen molar-refractivity contribution in [1.29, 1.82) is 0 Å². The summed E-state index contributed by atoms with van der Waals surface area (Å²) in [7, 11) is 0. The average Bonchev–Trinajstić information content (AvgIpc) is 2.38. The van der Waals surface area contributed by atoms with E-state index in [0.717, 1.165) is 11.3 Å². The third kappa shape index (κ3) is 3.49. The first-order valence-electron chi connectivity index (χ1n) is 6.46. The quantitative estimate of drug-likeness (QED) is 0.942. The Kier molecular flexibility index (Phi) is 4.43. The van der Waals surface area contributed by atoms with Crippen LogP contribution in [0.2, 0.25) is 5.02 Å². The van der Waals surface area contributed by atoms with E-state index >= 15 is 0 Å². The number of aryl methyl sites for hydroxylation is 3. The van der Waals surface area contributed by atoms with E-state index in [9.17, 15) is 9.59 Å². The first-order chi connectivity index (χ1) is 9.88. The molecule has 110 valence electrons. The zero-order chi connectivity index (χ0) is 15.6. The lowest BCUT2D eigenvalue weighted by Crippen LogP contribution is -2.20. The van der Waals surface area contributed by atoms with Crippen molar-refractivity contribution in [3.63, 3.8) is 0 Å². The first-order valence-corrected chi connectivity index (χ1v) is 6.84. The maximum atomic E-state index is 11.9. The molecule has 1 heterocycles. The fourth-order valence-corrected chi connectivity index (χ4v) is 2.31. The third-order valence-corrected chi connectivity index (χ3v) is 3.38. The third-order valence-electron chi connectivity index (χ3n) is 3.14. The van der Waals surface area contributed by atoms with E-state index < -0.39 is 5.97 Å². The molecule has 0 fully saturated rings. The number of aliphatic carboxylic acids is 1. The van der Waals surface area contributed by atoms with Gasteiger partial charge in [-0.25, -0.2) is 4.68 Å². The monoisotopic (exact) mass is 306 g/mol. The van der Waals surface area contributed by atoms with Gasteiger partial charge in [-0.1, -0.05) is 11.6 Å². The number of carboxylic acids is 1. The molecule has 1 aromatic carbocycles. The molecule has 1 aromatic heterocycles. The highest BCUT2D eigenvalue weighted by molar-refractivity contribution is 6.30. The maximum Gasteiger partial charge on any atom is 0.303 e. The fraction of sp³-hybridized carbons (Fsp3) is 0.267. The predicted molar refractivity (Wildman–Crippen MR) is 80.3 cm³/mol. The highest BCUT2D eigenvalue weighted by Crippen LogP contribution is 2.19. The van der Waals surface area contributed by atoms with Crippen LogP contribution in [0.25, 0.3) is 5.69 Å². The van der Waals surface area contributed by atoms with Gasteiger partial charge in [0.15, 0.2) is 0 Å². The van der Waals surface area contributed by atoms with E-state index in [0.29, 0.717) is 10.7 Å². The Morgan fingerprint density at radius 2 is 2.05 bits per heavy atom. The van der Waals surface area contributed by atoms with Gasteiger partial charge in [0.2, 0.25) is 5.43 Å². The van der Waals surface area contributed by atoms with Crippen molar-refractivity contribution in [2.45, 2.75) is 26.7 Å². The van der Waals surface area contributed by atoms with Crippen molar-refractivity contribution in [2.75, 3.05) is 0 Å².